The van der Waals surface area contributed by atoms with E-state index in [9.17, 15) is 17.9 Å². The number of sulfonamides is 1. The summed E-state index contributed by atoms with van der Waals surface area (Å²) in [7, 11) is -3.93. The van der Waals surface area contributed by atoms with Crippen molar-refractivity contribution in [3.05, 3.63) is 38.9 Å². The number of hydrogen-bond acceptors (Lipinski definition) is 4. The molecule has 0 atom stereocenters. The van der Waals surface area contributed by atoms with Gasteiger partial charge in [0.2, 0.25) is 0 Å². The molecule has 0 spiro atoms. The molecule has 4 nitrogen and oxygen atoms in total. The topological polar surface area (TPSA) is 66.4 Å². The summed E-state index contributed by atoms with van der Waals surface area (Å²) in [6.07, 6.45) is 0. The number of phenols is 1. The highest BCUT2D eigenvalue weighted by atomic mass is 79.9. The SMILES string of the molecule is O=S(=O)(Nc1cc(F)ccc1O)c1cc(Cl)c(Br)s1. The Kier molecular flexibility index (Phi) is 4.05. The van der Waals surface area contributed by atoms with Crippen LogP contribution in [0.15, 0.2) is 32.3 Å². The zero-order valence-electron chi connectivity index (χ0n) is 9.02. The number of thiophene rings is 1. The van der Waals surface area contributed by atoms with Crippen LogP contribution in [-0.4, -0.2) is 13.5 Å². The van der Waals surface area contributed by atoms with E-state index >= 15 is 0 Å². The van der Waals surface area contributed by atoms with Crippen LogP contribution in [0.2, 0.25) is 5.02 Å². The van der Waals surface area contributed by atoms with Gasteiger partial charge < -0.3 is 5.11 Å². The van der Waals surface area contributed by atoms with Gasteiger partial charge in [-0.1, -0.05) is 11.6 Å². The van der Waals surface area contributed by atoms with Crippen molar-refractivity contribution in [1.82, 2.24) is 0 Å². The molecule has 2 aromatic rings. The van der Waals surface area contributed by atoms with Crippen LogP contribution >= 0.6 is 38.9 Å². The summed E-state index contributed by atoms with van der Waals surface area (Å²) < 4.78 is 39.6. The molecule has 0 aliphatic rings. The normalized spacial score (nSPS) is 11.5. The Morgan fingerprint density at radius 1 is 1.37 bits per heavy atom. The van der Waals surface area contributed by atoms with E-state index in [0.717, 1.165) is 29.5 Å². The van der Waals surface area contributed by atoms with Crippen molar-refractivity contribution in [3.63, 3.8) is 0 Å². The standard InChI is InChI=1S/C10H6BrClFNO3S2/c11-10-6(12)4-9(18-10)19(16,17)14-7-3-5(13)1-2-8(7)15/h1-4,14-15H. The van der Waals surface area contributed by atoms with E-state index in [-0.39, 0.29) is 20.7 Å². The molecule has 2 rings (SSSR count). The lowest BCUT2D eigenvalue weighted by Crippen LogP contribution is -2.11. The van der Waals surface area contributed by atoms with Crippen molar-refractivity contribution < 1.29 is 17.9 Å². The van der Waals surface area contributed by atoms with Gasteiger partial charge in [0.1, 0.15) is 15.8 Å². The van der Waals surface area contributed by atoms with Crippen LogP contribution in [-0.2, 0) is 10.0 Å². The van der Waals surface area contributed by atoms with E-state index in [0.29, 0.717) is 3.79 Å². The van der Waals surface area contributed by atoms with Gasteiger partial charge in [0.05, 0.1) is 14.5 Å². The van der Waals surface area contributed by atoms with E-state index in [1.807, 2.05) is 0 Å². The molecule has 0 saturated heterocycles. The smallest absolute Gasteiger partial charge is 0.271 e. The van der Waals surface area contributed by atoms with Gasteiger partial charge >= 0.3 is 0 Å². The first kappa shape index (κ1) is 14.6. The largest absolute Gasteiger partial charge is 0.506 e. The Balaban J connectivity index is 2.39. The van der Waals surface area contributed by atoms with Crippen molar-refractivity contribution in [1.29, 1.82) is 0 Å². The minimum absolute atomic E-state index is 0.0481. The highest BCUT2D eigenvalue weighted by Crippen LogP contribution is 2.36. The molecule has 0 aliphatic heterocycles. The van der Waals surface area contributed by atoms with Crippen molar-refractivity contribution in [2.45, 2.75) is 4.21 Å². The first-order valence-corrected chi connectivity index (χ1v) is 8.23. The fourth-order valence-electron chi connectivity index (χ4n) is 1.24. The van der Waals surface area contributed by atoms with E-state index in [4.69, 9.17) is 11.6 Å². The number of anilines is 1. The molecule has 0 bridgehead atoms. The average molecular weight is 387 g/mol. The van der Waals surface area contributed by atoms with Gasteiger partial charge in [-0.2, -0.15) is 0 Å². The molecule has 2 N–H and O–H groups in total. The van der Waals surface area contributed by atoms with Crippen LogP contribution in [0.4, 0.5) is 10.1 Å². The molecule has 102 valence electrons. The number of nitrogens with one attached hydrogen (secondary N) is 1. The van der Waals surface area contributed by atoms with Gasteiger partial charge in [-0.05, 0) is 34.1 Å². The molecule has 0 fully saturated rings. The number of rotatable bonds is 3. The zero-order valence-corrected chi connectivity index (χ0v) is 13.0. The van der Waals surface area contributed by atoms with Crippen LogP contribution in [0.25, 0.3) is 0 Å². The van der Waals surface area contributed by atoms with E-state index in [2.05, 4.69) is 20.7 Å². The molecular weight excluding hydrogens is 381 g/mol. The van der Waals surface area contributed by atoms with Crippen LogP contribution in [0, 0.1) is 5.82 Å². The molecule has 9 heteroatoms. The summed E-state index contributed by atoms with van der Waals surface area (Å²) in [5, 5.41) is 9.74. The first-order valence-electron chi connectivity index (χ1n) is 4.76. The molecule has 1 aromatic heterocycles. The molecule has 0 radical (unpaired) electrons. The second kappa shape index (κ2) is 5.28. The van der Waals surface area contributed by atoms with Crippen LogP contribution in [0.1, 0.15) is 0 Å². The fraction of sp³-hybridized carbons (Fsp3) is 0. The molecule has 0 amide bonds. The molecule has 0 aliphatic carbocycles. The maximum absolute atomic E-state index is 13.0. The molecular formula is C10H6BrClFNO3S2. The third-order valence-electron chi connectivity index (χ3n) is 2.09. The Morgan fingerprint density at radius 3 is 2.63 bits per heavy atom. The average Bonchev–Trinajstić information content (AvgIpc) is 2.65. The molecule has 0 unspecified atom stereocenters. The maximum Gasteiger partial charge on any atom is 0.271 e. The highest BCUT2D eigenvalue weighted by Gasteiger charge is 2.20. The zero-order chi connectivity index (χ0) is 14.2. The quantitative estimate of drug-likeness (QED) is 0.788. The lowest BCUT2D eigenvalue weighted by molar-refractivity contribution is 0.475. The summed E-state index contributed by atoms with van der Waals surface area (Å²) in [5.74, 6) is -1.03. The number of halogens is 3. The summed E-state index contributed by atoms with van der Waals surface area (Å²) in [5.41, 5.74) is -0.236. The molecule has 1 heterocycles. The summed E-state index contributed by atoms with van der Waals surface area (Å²) in [4.78, 5) is 0. The lowest BCUT2D eigenvalue weighted by atomic mass is 10.3. The Labute approximate surface area is 126 Å². The predicted molar refractivity (Wildman–Crippen MR) is 75.9 cm³/mol. The van der Waals surface area contributed by atoms with Gasteiger partial charge in [0.25, 0.3) is 10.0 Å². The fourth-order valence-corrected chi connectivity index (χ4v) is 4.71. The van der Waals surface area contributed by atoms with E-state index in [1.54, 1.807) is 0 Å². The van der Waals surface area contributed by atoms with Gasteiger partial charge in [-0.25, -0.2) is 12.8 Å². The van der Waals surface area contributed by atoms with Crippen LogP contribution in [0.5, 0.6) is 5.75 Å². The van der Waals surface area contributed by atoms with Gasteiger partial charge in [0, 0.05) is 6.07 Å². The van der Waals surface area contributed by atoms with Crippen molar-refractivity contribution in [2.75, 3.05) is 4.72 Å². The van der Waals surface area contributed by atoms with Crippen molar-refractivity contribution >= 4 is 54.6 Å². The van der Waals surface area contributed by atoms with Crippen LogP contribution < -0.4 is 4.72 Å². The second-order valence-corrected chi connectivity index (χ2v) is 8.14. The lowest BCUT2D eigenvalue weighted by Gasteiger charge is -2.07. The number of phenolic OH excluding ortho intramolecular Hbond substituents is 1. The van der Waals surface area contributed by atoms with Gasteiger partial charge in [-0.15, -0.1) is 11.3 Å². The maximum atomic E-state index is 13.0. The van der Waals surface area contributed by atoms with E-state index in [1.165, 1.54) is 6.07 Å². The van der Waals surface area contributed by atoms with E-state index < -0.39 is 15.8 Å². The monoisotopic (exact) mass is 385 g/mol. The Bertz CT molecular complexity index is 713. The third kappa shape index (κ3) is 3.19. The Hall–Kier alpha value is -0.830. The van der Waals surface area contributed by atoms with Crippen molar-refractivity contribution in [3.8, 4) is 5.75 Å². The Morgan fingerprint density at radius 2 is 2.05 bits per heavy atom. The second-order valence-electron chi connectivity index (χ2n) is 3.45. The summed E-state index contributed by atoms with van der Waals surface area (Å²) in [6.45, 7) is 0. The summed E-state index contributed by atoms with van der Waals surface area (Å²) in [6, 6.07) is 4.22. The van der Waals surface area contributed by atoms with Gasteiger partial charge in [0.15, 0.2) is 0 Å². The minimum Gasteiger partial charge on any atom is -0.506 e. The van der Waals surface area contributed by atoms with Gasteiger partial charge in [-0.3, -0.25) is 4.72 Å². The number of benzene rings is 1. The number of aromatic hydroxyl groups is 1. The molecule has 0 saturated carbocycles. The van der Waals surface area contributed by atoms with Crippen molar-refractivity contribution in [2.24, 2.45) is 0 Å². The predicted octanol–water partition coefficient (Wildman–Crippen LogP) is 3.81. The first-order chi connectivity index (χ1) is 8.79. The minimum atomic E-state index is -3.93. The third-order valence-corrected chi connectivity index (χ3v) is 6.40. The molecule has 1 aromatic carbocycles. The van der Waals surface area contributed by atoms with Crippen LogP contribution in [0.3, 0.4) is 0 Å². The number of hydrogen-bond donors (Lipinski definition) is 2. The molecule has 19 heavy (non-hydrogen) atoms. The highest BCUT2D eigenvalue weighted by molar-refractivity contribution is 9.11. The summed E-state index contributed by atoms with van der Waals surface area (Å²) >= 11 is 9.77.